The molecule has 0 amide bonds. The lowest BCUT2D eigenvalue weighted by molar-refractivity contribution is -0.154. The van der Waals surface area contributed by atoms with Crippen LogP contribution in [0.3, 0.4) is 0 Å². The Hall–Kier alpha value is -2.53. The molecular formula is C21H18BrClF9N3O4. The zero-order valence-corrected chi connectivity index (χ0v) is 22.3. The van der Waals surface area contributed by atoms with Gasteiger partial charge < -0.3 is 9.47 Å². The number of anilines is 2. The van der Waals surface area contributed by atoms with Crippen LogP contribution in [0, 0.1) is 0 Å². The molecule has 0 bridgehead atoms. The number of alkyl halides is 9. The molecular weight excluding hydrogens is 645 g/mol. The fourth-order valence-electron chi connectivity index (χ4n) is 3.33. The molecule has 0 spiro atoms. The number of nitrogens with zero attached hydrogens (tertiary/aromatic N) is 3. The zero-order chi connectivity index (χ0) is 30.1. The Kier molecular flexibility index (Phi) is 9.99. The number of hydrogen-bond acceptors (Lipinski definition) is 6. The summed E-state index contributed by atoms with van der Waals surface area (Å²) in [6.45, 7) is 1.95. The van der Waals surface area contributed by atoms with Crippen LogP contribution < -0.4 is 10.5 Å². The Labute approximate surface area is 227 Å². The summed E-state index contributed by atoms with van der Waals surface area (Å²) in [6, 6.07) is -0.258. The number of esters is 1. The molecule has 39 heavy (non-hydrogen) atoms. The van der Waals surface area contributed by atoms with Crippen LogP contribution >= 0.6 is 27.5 Å². The van der Waals surface area contributed by atoms with Crippen LogP contribution in [-0.2, 0) is 39.3 Å². The third-order valence-corrected chi connectivity index (χ3v) is 6.03. The van der Waals surface area contributed by atoms with Crippen molar-refractivity contribution in [1.82, 2.24) is 9.55 Å². The van der Waals surface area contributed by atoms with Crippen molar-refractivity contribution in [3.8, 4) is 0 Å². The van der Waals surface area contributed by atoms with E-state index in [4.69, 9.17) is 21.1 Å². The van der Waals surface area contributed by atoms with Crippen molar-refractivity contribution in [1.29, 1.82) is 0 Å². The van der Waals surface area contributed by atoms with Gasteiger partial charge >= 0.3 is 24.5 Å². The Bertz CT molecular complexity index is 1280. The molecule has 1 atom stereocenters. The average Bonchev–Trinajstić information content (AvgIpc) is 2.79. The van der Waals surface area contributed by atoms with E-state index in [9.17, 15) is 49.1 Å². The molecule has 0 N–H and O–H groups in total. The SMILES string of the molecule is CCCn1c(N(c2cc(C(F)(F)F)cc(C(F)(F)F)c2Cl)C(OC)C(=O)OCC)nc(C(F)(F)F)c(Br)c1=O. The highest BCUT2D eigenvalue weighted by Crippen LogP contribution is 2.46. The number of aromatic nitrogens is 2. The molecule has 1 aromatic heterocycles. The monoisotopic (exact) mass is 661 g/mol. The van der Waals surface area contributed by atoms with Gasteiger partial charge in [-0.3, -0.25) is 14.3 Å². The standard InChI is InChI=1S/C21H18BrClF9N3O4/c1-4-6-34-15(36)12(22)14(21(30,31)32)33-18(34)35(16(38-3)17(37)39-5-2)11-8-9(19(24,25)26)7-10(13(11)23)20(27,28)29/h7-8,16H,4-6H2,1-3H3. The summed E-state index contributed by atoms with van der Waals surface area (Å²) in [4.78, 5) is 29.1. The van der Waals surface area contributed by atoms with E-state index in [0.717, 1.165) is 7.11 Å². The Morgan fingerprint density at radius 3 is 2.10 bits per heavy atom. The first-order valence-corrected chi connectivity index (χ1v) is 11.8. The van der Waals surface area contributed by atoms with Crippen LogP contribution in [0.2, 0.25) is 5.02 Å². The van der Waals surface area contributed by atoms with Gasteiger partial charge in [0.1, 0.15) is 4.47 Å². The highest BCUT2D eigenvalue weighted by atomic mass is 79.9. The van der Waals surface area contributed by atoms with Gasteiger partial charge in [0.2, 0.25) is 12.2 Å². The normalized spacial score (nSPS) is 13.4. The maximum Gasteiger partial charge on any atom is 0.434 e. The van der Waals surface area contributed by atoms with Gasteiger partial charge in [-0.2, -0.15) is 39.5 Å². The quantitative estimate of drug-likeness (QED) is 0.176. The van der Waals surface area contributed by atoms with E-state index in [1.807, 2.05) is 0 Å². The first kappa shape index (κ1) is 32.7. The van der Waals surface area contributed by atoms with Crippen molar-refractivity contribution in [3.05, 3.63) is 48.8 Å². The van der Waals surface area contributed by atoms with E-state index in [1.165, 1.54) is 13.8 Å². The van der Waals surface area contributed by atoms with Crippen LogP contribution in [0.1, 0.15) is 37.1 Å². The largest absolute Gasteiger partial charge is 0.463 e. The molecule has 2 aromatic rings. The molecule has 0 saturated heterocycles. The number of benzene rings is 1. The number of carbonyl (C=O) groups is 1. The van der Waals surface area contributed by atoms with Gasteiger partial charge in [-0.1, -0.05) is 18.5 Å². The summed E-state index contributed by atoms with van der Waals surface area (Å²) >= 11 is 8.38. The van der Waals surface area contributed by atoms with Crippen LogP contribution in [0.25, 0.3) is 0 Å². The zero-order valence-electron chi connectivity index (χ0n) is 20.0. The summed E-state index contributed by atoms with van der Waals surface area (Å²) in [5, 5.41) is -1.45. The third kappa shape index (κ3) is 6.98. The maximum absolute atomic E-state index is 13.8. The molecule has 1 heterocycles. The summed E-state index contributed by atoms with van der Waals surface area (Å²) < 4.78 is 133. The average molecular weight is 663 g/mol. The fourth-order valence-corrected chi connectivity index (χ4v) is 4.17. The molecule has 0 aliphatic heterocycles. The predicted octanol–water partition coefficient (Wildman–Crippen LogP) is 6.80. The smallest absolute Gasteiger partial charge is 0.434 e. The molecule has 0 aliphatic carbocycles. The van der Waals surface area contributed by atoms with Gasteiger partial charge in [0, 0.05) is 13.7 Å². The van der Waals surface area contributed by atoms with Gasteiger partial charge in [-0.15, -0.1) is 0 Å². The van der Waals surface area contributed by atoms with Gasteiger partial charge in [0.05, 0.1) is 28.4 Å². The van der Waals surface area contributed by atoms with Crippen molar-refractivity contribution in [2.24, 2.45) is 0 Å². The summed E-state index contributed by atoms with van der Waals surface area (Å²) in [5.74, 6) is -2.64. The third-order valence-electron chi connectivity index (χ3n) is 4.92. The van der Waals surface area contributed by atoms with E-state index in [-0.39, 0.29) is 30.1 Å². The summed E-state index contributed by atoms with van der Waals surface area (Å²) in [5.41, 5.74) is -8.52. The summed E-state index contributed by atoms with van der Waals surface area (Å²) in [6.07, 6.45) is -18.5. The van der Waals surface area contributed by atoms with E-state index >= 15 is 0 Å². The number of methoxy groups -OCH3 is 1. The van der Waals surface area contributed by atoms with Crippen molar-refractivity contribution < 1.29 is 53.8 Å². The summed E-state index contributed by atoms with van der Waals surface area (Å²) in [7, 11) is 0.770. The van der Waals surface area contributed by atoms with Gasteiger partial charge in [-0.25, -0.2) is 9.78 Å². The van der Waals surface area contributed by atoms with Gasteiger partial charge in [-0.05, 0) is 41.4 Å². The lowest BCUT2D eigenvalue weighted by Gasteiger charge is -2.33. The second kappa shape index (κ2) is 11.9. The number of carbonyl (C=O) groups excluding carboxylic acids is 1. The fraction of sp³-hybridized carbons (Fsp3) is 0.476. The van der Waals surface area contributed by atoms with E-state index in [2.05, 4.69) is 20.9 Å². The highest BCUT2D eigenvalue weighted by Gasteiger charge is 2.44. The number of ether oxygens (including phenoxy) is 2. The van der Waals surface area contributed by atoms with Gasteiger partial charge in [0.15, 0.2) is 5.69 Å². The van der Waals surface area contributed by atoms with Crippen LogP contribution in [0.5, 0.6) is 0 Å². The van der Waals surface area contributed by atoms with Crippen LogP contribution in [0.4, 0.5) is 51.1 Å². The minimum Gasteiger partial charge on any atom is -0.463 e. The number of halogens is 11. The van der Waals surface area contributed by atoms with E-state index < -0.39 is 80.8 Å². The first-order chi connectivity index (χ1) is 17.8. The van der Waals surface area contributed by atoms with Crippen molar-refractivity contribution in [2.45, 2.75) is 51.6 Å². The molecule has 1 unspecified atom stereocenters. The molecule has 0 saturated carbocycles. The second-order valence-electron chi connectivity index (χ2n) is 7.59. The lowest BCUT2D eigenvalue weighted by Crippen LogP contribution is -2.45. The maximum atomic E-state index is 13.8. The van der Waals surface area contributed by atoms with Crippen molar-refractivity contribution >= 4 is 45.1 Å². The van der Waals surface area contributed by atoms with Crippen molar-refractivity contribution in [2.75, 3.05) is 18.6 Å². The molecule has 0 radical (unpaired) electrons. The lowest BCUT2D eigenvalue weighted by atomic mass is 10.1. The molecule has 18 heteroatoms. The highest BCUT2D eigenvalue weighted by molar-refractivity contribution is 9.10. The Morgan fingerprint density at radius 2 is 1.67 bits per heavy atom. The minimum atomic E-state index is -5.49. The first-order valence-electron chi connectivity index (χ1n) is 10.6. The number of rotatable bonds is 8. The molecule has 0 fully saturated rings. The minimum absolute atomic E-state index is 0.0292. The molecule has 1 aromatic carbocycles. The second-order valence-corrected chi connectivity index (χ2v) is 8.76. The Balaban J connectivity index is 3.21. The Morgan fingerprint density at radius 1 is 1.08 bits per heavy atom. The molecule has 2 rings (SSSR count). The van der Waals surface area contributed by atoms with E-state index in [1.54, 1.807) is 0 Å². The molecule has 218 valence electrons. The van der Waals surface area contributed by atoms with Crippen LogP contribution in [-0.4, -0.2) is 35.5 Å². The van der Waals surface area contributed by atoms with Gasteiger partial charge in [0.25, 0.3) is 5.56 Å². The topological polar surface area (TPSA) is 73.7 Å². The van der Waals surface area contributed by atoms with Crippen molar-refractivity contribution in [3.63, 3.8) is 0 Å². The molecule has 0 aliphatic rings. The predicted molar refractivity (Wildman–Crippen MR) is 123 cm³/mol. The van der Waals surface area contributed by atoms with E-state index in [0.29, 0.717) is 4.57 Å². The van der Waals surface area contributed by atoms with Crippen LogP contribution in [0.15, 0.2) is 21.4 Å². The number of hydrogen-bond donors (Lipinski definition) is 0. The molecule has 7 nitrogen and oxygen atoms in total.